The molecule has 0 saturated heterocycles. The fourth-order valence-corrected chi connectivity index (χ4v) is 2.22. The smallest absolute Gasteiger partial charge is 0.317 e. The molecule has 0 spiro atoms. The van der Waals surface area contributed by atoms with Gasteiger partial charge in [0.05, 0.1) is 13.2 Å². The van der Waals surface area contributed by atoms with Crippen molar-refractivity contribution >= 4 is 12.0 Å². The molecule has 0 aromatic heterocycles. The summed E-state index contributed by atoms with van der Waals surface area (Å²) in [7, 11) is 0. The van der Waals surface area contributed by atoms with Crippen LogP contribution < -0.4 is 5.32 Å². The molecule has 21 heavy (non-hydrogen) atoms. The third kappa shape index (κ3) is 10.1. The molecule has 0 aromatic carbocycles. The molecular weight excluding hydrogens is 276 g/mol. The molecule has 7 heteroatoms. The number of hydrogen-bond acceptors (Lipinski definition) is 4. The molecule has 2 amide bonds. The summed E-state index contributed by atoms with van der Waals surface area (Å²) in [5, 5.41) is 29.2. The van der Waals surface area contributed by atoms with E-state index < -0.39 is 5.97 Å². The molecule has 1 atom stereocenters. The molecule has 1 unspecified atom stereocenters. The fraction of sp³-hybridized carbons (Fsp3) is 0.857. The Balaban J connectivity index is 4.09. The van der Waals surface area contributed by atoms with E-state index in [4.69, 9.17) is 15.3 Å². The van der Waals surface area contributed by atoms with E-state index in [0.717, 1.165) is 19.3 Å². The quantitative estimate of drug-likeness (QED) is 0.423. The van der Waals surface area contributed by atoms with Gasteiger partial charge in [-0.3, -0.25) is 4.79 Å². The highest BCUT2D eigenvalue weighted by atomic mass is 16.4. The normalized spacial score (nSPS) is 12.0. The maximum atomic E-state index is 11.8. The van der Waals surface area contributed by atoms with Crippen LogP contribution in [0, 0.1) is 5.92 Å². The van der Waals surface area contributed by atoms with Crippen LogP contribution in [0.2, 0.25) is 0 Å². The Morgan fingerprint density at radius 1 is 1.10 bits per heavy atom. The third-order valence-electron chi connectivity index (χ3n) is 3.32. The van der Waals surface area contributed by atoms with E-state index in [1.165, 1.54) is 4.90 Å². The Bertz CT molecular complexity index is 293. The van der Waals surface area contributed by atoms with Crippen molar-refractivity contribution in [2.24, 2.45) is 5.92 Å². The highest BCUT2D eigenvalue weighted by Crippen LogP contribution is 2.17. The summed E-state index contributed by atoms with van der Waals surface area (Å²) in [5.74, 6) is -0.507. The first kappa shape index (κ1) is 19.7. The summed E-state index contributed by atoms with van der Waals surface area (Å²) in [5.41, 5.74) is 0. The molecule has 0 heterocycles. The minimum Gasteiger partial charge on any atom is -0.481 e. The molecule has 0 rings (SSSR count). The van der Waals surface area contributed by atoms with E-state index in [2.05, 4.69) is 12.2 Å². The molecule has 7 nitrogen and oxygen atoms in total. The first-order chi connectivity index (χ1) is 10.0. The van der Waals surface area contributed by atoms with Gasteiger partial charge in [0.25, 0.3) is 0 Å². The van der Waals surface area contributed by atoms with Crippen molar-refractivity contribution in [3.05, 3.63) is 0 Å². The van der Waals surface area contributed by atoms with Crippen LogP contribution in [0.15, 0.2) is 0 Å². The SMILES string of the molecule is CCCC(CCNC(=O)N(CCO)CCO)CCC(=O)O. The van der Waals surface area contributed by atoms with Crippen molar-refractivity contribution in [1.82, 2.24) is 10.2 Å². The number of nitrogens with one attached hydrogen (secondary N) is 1. The molecule has 0 aliphatic rings. The lowest BCUT2D eigenvalue weighted by atomic mass is 9.94. The van der Waals surface area contributed by atoms with E-state index in [1.54, 1.807) is 0 Å². The van der Waals surface area contributed by atoms with Crippen LogP contribution in [0.1, 0.15) is 39.0 Å². The zero-order chi connectivity index (χ0) is 16.1. The molecule has 0 bridgehead atoms. The van der Waals surface area contributed by atoms with E-state index in [-0.39, 0.29) is 44.7 Å². The number of carboxylic acids is 1. The largest absolute Gasteiger partial charge is 0.481 e. The van der Waals surface area contributed by atoms with Crippen LogP contribution in [0.3, 0.4) is 0 Å². The Labute approximate surface area is 125 Å². The lowest BCUT2D eigenvalue weighted by Crippen LogP contribution is -2.43. The Kier molecular flexibility index (Phi) is 11.6. The number of urea groups is 1. The number of aliphatic hydroxyl groups is 2. The lowest BCUT2D eigenvalue weighted by Gasteiger charge is -2.22. The van der Waals surface area contributed by atoms with Gasteiger partial charge in [-0.25, -0.2) is 4.79 Å². The summed E-state index contributed by atoms with van der Waals surface area (Å²) in [6, 6.07) is -0.313. The Morgan fingerprint density at radius 2 is 1.71 bits per heavy atom. The summed E-state index contributed by atoms with van der Waals surface area (Å²) < 4.78 is 0. The molecule has 4 N–H and O–H groups in total. The molecule has 0 radical (unpaired) electrons. The first-order valence-corrected chi connectivity index (χ1v) is 7.51. The molecule has 0 aliphatic heterocycles. The van der Waals surface area contributed by atoms with E-state index in [0.29, 0.717) is 13.0 Å². The van der Waals surface area contributed by atoms with Crippen molar-refractivity contribution in [2.45, 2.75) is 39.0 Å². The van der Waals surface area contributed by atoms with Crippen molar-refractivity contribution in [2.75, 3.05) is 32.8 Å². The van der Waals surface area contributed by atoms with Gasteiger partial charge in [-0.1, -0.05) is 19.8 Å². The number of rotatable bonds is 12. The number of hydrogen-bond donors (Lipinski definition) is 4. The van der Waals surface area contributed by atoms with E-state index >= 15 is 0 Å². The van der Waals surface area contributed by atoms with Gasteiger partial charge < -0.3 is 25.5 Å². The summed E-state index contributed by atoms with van der Waals surface area (Å²) in [6.45, 7) is 2.59. The number of nitrogens with zero attached hydrogens (tertiary/aromatic N) is 1. The van der Waals surface area contributed by atoms with Gasteiger partial charge in [0.2, 0.25) is 0 Å². The molecule has 0 aliphatic carbocycles. The topological polar surface area (TPSA) is 110 Å². The lowest BCUT2D eigenvalue weighted by molar-refractivity contribution is -0.137. The molecule has 124 valence electrons. The van der Waals surface area contributed by atoms with Crippen molar-refractivity contribution < 1.29 is 24.9 Å². The number of aliphatic hydroxyl groups excluding tert-OH is 2. The average molecular weight is 304 g/mol. The number of carbonyl (C=O) groups is 2. The van der Waals surface area contributed by atoms with E-state index in [9.17, 15) is 9.59 Å². The Morgan fingerprint density at radius 3 is 2.19 bits per heavy atom. The van der Waals surface area contributed by atoms with Crippen LogP contribution in [0.5, 0.6) is 0 Å². The third-order valence-corrected chi connectivity index (χ3v) is 3.32. The number of carbonyl (C=O) groups excluding carboxylic acids is 1. The number of carboxylic acid groups (broad SMARTS) is 1. The fourth-order valence-electron chi connectivity index (χ4n) is 2.22. The van der Waals surface area contributed by atoms with Crippen LogP contribution in [-0.2, 0) is 4.79 Å². The average Bonchev–Trinajstić information content (AvgIpc) is 2.44. The number of amides is 2. The van der Waals surface area contributed by atoms with E-state index in [1.807, 2.05) is 0 Å². The van der Waals surface area contributed by atoms with Crippen molar-refractivity contribution in [3.63, 3.8) is 0 Å². The van der Waals surface area contributed by atoms with Crippen LogP contribution >= 0.6 is 0 Å². The number of aliphatic carboxylic acids is 1. The second kappa shape index (κ2) is 12.4. The molecular formula is C14H28N2O5. The zero-order valence-electron chi connectivity index (χ0n) is 12.8. The highest BCUT2D eigenvalue weighted by molar-refractivity contribution is 5.74. The zero-order valence-corrected chi connectivity index (χ0v) is 12.8. The van der Waals surface area contributed by atoms with Crippen LogP contribution in [0.25, 0.3) is 0 Å². The predicted molar refractivity (Wildman–Crippen MR) is 79.0 cm³/mol. The van der Waals surface area contributed by atoms with Gasteiger partial charge in [0, 0.05) is 26.1 Å². The Hall–Kier alpha value is -1.34. The van der Waals surface area contributed by atoms with Gasteiger partial charge in [-0.05, 0) is 18.8 Å². The highest BCUT2D eigenvalue weighted by Gasteiger charge is 2.14. The predicted octanol–water partition coefficient (Wildman–Crippen LogP) is 0.654. The standard InChI is InChI=1S/C14H28N2O5/c1-2-3-12(4-5-13(19)20)6-7-15-14(21)16(8-10-17)9-11-18/h12,17-18H,2-11H2,1H3,(H,15,21)(H,19,20). The summed E-state index contributed by atoms with van der Waals surface area (Å²) in [6.07, 6.45) is 3.44. The monoisotopic (exact) mass is 304 g/mol. The first-order valence-electron chi connectivity index (χ1n) is 7.51. The molecule has 0 fully saturated rings. The maximum Gasteiger partial charge on any atom is 0.317 e. The maximum absolute atomic E-state index is 11.8. The minimum atomic E-state index is -0.794. The summed E-state index contributed by atoms with van der Waals surface area (Å²) >= 11 is 0. The van der Waals surface area contributed by atoms with Gasteiger partial charge in [0.1, 0.15) is 0 Å². The van der Waals surface area contributed by atoms with Crippen molar-refractivity contribution in [1.29, 1.82) is 0 Å². The molecule has 0 aromatic rings. The van der Waals surface area contributed by atoms with Crippen molar-refractivity contribution in [3.8, 4) is 0 Å². The van der Waals surface area contributed by atoms with Crippen LogP contribution in [-0.4, -0.2) is 65.1 Å². The van der Waals surface area contributed by atoms with Gasteiger partial charge in [-0.15, -0.1) is 0 Å². The van der Waals surface area contributed by atoms with Gasteiger partial charge >= 0.3 is 12.0 Å². The van der Waals surface area contributed by atoms with Gasteiger partial charge in [-0.2, -0.15) is 0 Å². The second-order valence-electron chi connectivity index (χ2n) is 5.04. The van der Waals surface area contributed by atoms with Crippen LogP contribution in [0.4, 0.5) is 4.79 Å². The molecule has 0 saturated carbocycles. The minimum absolute atomic E-state index is 0.148. The summed E-state index contributed by atoms with van der Waals surface area (Å²) in [4.78, 5) is 23.8. The second-order valence-corrected chi connectivity index (χ2v) is 5.04. The van der Waals surface area contributed by atoms with Gasteiger partial charge in [0.15, 0.2) is 0 Å².